The van der Waals surface area contributed by atoms with Crippen LogP contribution in [0.15, 0.2) is 30.4 Å². The summed E-state index contributed by atoms with van der Waals surface area (Å²) in [5, 5.41) is 204. The molecule has 6 aliphatic heterocycles. The normalized spacial score (nSPS) is 50.2. The van der Waals surface area contributed by atoms with Crippen molar-refractivity contribution < 1.29 is 177 Å². The summed E-state index contributed by atoms with van der Waals surface area (Å²) in [5.74, 6) is -1.34. The first-order valence-corrected chi connectivity index (χ1v) is 32.6. The minimum Gasteiger partial charge on any atom is -0.432 e. The molecule has 4 aliphatic carbocycles. The van der Waals surface area contributed by atoms with E-state index in [1.165, 1.54) is 11.1 Å². The molecule has 19 N–H and O–H groups in total. The molecule has 0 amide bonds. The van der Waals surface area contributed by atoms with Gasteiger partial charge in [0.25, 0.3) is 0 Å². The number of hydrogen-bond acceptors (Lipinski definition) is 32. The average molecular weight is 1420 g/mol. The molecule has 1 radical (unpaired) electrons. The van der Waals surface area contributed by atoms with Gasteiger partial charge in [0.2, 0.25) is 6.29 Å². The number of aliphatic hydroxyl groups is 19. The van der Waals surface area contributed by atoms with Crippen molar-refractivity contribution in [3.8, 4) is 0 Å². The third-order valence-corrected chi connectivity index (χ3v) is 22.0. The van der Waals surface area contributed by atoms with E-state index in [-0.39, 0.29) is 30.9 Å². The maximum Gasteiger partial charge on any atom is 0.314 e. The second-order valence-corrected chi connectivity index (χ2v) is 28.0. The van der Waals surface area contributed by atoms with Gasteiger partial charge in [0, 0.05) is 18.6 Å². The Bertz CT molecular complexity index is 2710. The van der Waals surface area contributed by atoms with Crippen LogP contribution < -0.4 is 0 Å². The molecule has 1 aromatic rings. The van der Waals surface area contributed by atoms with Gasteiger partial charge in [0.05, 0.1) is 50.7 Å². The molecular formula is C63H97O32V-. The number of benzene rings is 1. The molecule has 96 heavy (non-hydrogen) atoms. The van der Waals surface area contributed by atoms with E-state index in [1.54, 1.807) is 6.92 Å². The number of carbonyl (C=O) groups excluding carboxylic acids is 1. The Morgan fingerprint density at radius 2 is 0.927 bits per heavy atom. The van der Waals surface area contributed by atoms with Crippen LogP contribution in [0.5, 0.6) is 0 Å². The molecule has 2 bridgehead atoms. The molecule has 6 heterocycles. The number of esters is 1. The van der Waals surface area contributed by atoms with Gasteiger partial charge in [-0.3, -0.25) is 4.79 Å². The number of aryl methyl sites for hydroxylation is 2. The van der Waals surface area contributed by atoms with Gasteiger partial charge in [-0.2, -0.15) is 35.4 Å². The zero-order valence-electron chi connectivity index (χ0n) is 53.7. The Kier molecular flexibility index (Phi) is 25.5. The second kappa shape index (κ2) is 31.4. The molecule has 11 rings (SSSR count). The van der Waals surface area contributed by atoms with Gasteiger partial charge in [-0.1, -0.05) is 33.8 Å². The number of aliphatic hydroxyl groups excluding tert-OH is 19. The molecule has 30 unspecified atom stereocenters. The number of ether oxygens (including phenoxy) is 12. The van der Waals surface area contributed by atoms with E-state index < -0.39 is 252 Å². The third kappa shape index (κ3) is 14.7. The summed E-state index contributed by atoms with van der Waals surface area (Å²) >= 11 is 0. The van der Waals surface area contributed by atoms with Gasteiger partial charge >= 0.3 is 5.97 Å². The standard InChI is InChI=1S/C55H88O32.C8H9.V/c1-19-11-54-9-5-26-52(2,7-4-8-53(26,3)51(75)86-49-43(84-45-37(71)28(62)20(61)17-76-45)41(32(66)24(15-59)80-49)82-46-38(72)34(68)29(63)21(12-56)77-46)27(54)6-10-55(19,18-54)87-50-44(85-48-40(74)36(70)31(65)23(14-58)79-48)42(33(67)25(16-60)81-50)83-47-39(73)35(69)30(64)22(13-57)78-47;1-7-4-3-5-8(2)6-7;/h20-50,56-74H,1,4-18H2,2-3H3;3-5H,1-2H3;/q;-1;/t20?,21?,22?,23?,24?,25?,26?,27-,28?,29?,30?,31?,32?,33?,34?,35?,36?,37?,38?,39?,40?,41?,42?,43?,44?,45?,46?,47?,48?,49?,50?,52+,53+,54+,55-;;/m0../s1. The Hall–Kier alpha value is -2.19. The van der Waals surface area contributed by atoms with Crippen molar-refractivity contribution in [2.45, 2.75) is 269 Å². The van der Waals surface area contributed by atoms with Gasteiger partial charge in [0.15, 0.2) is 37.6 Å². The van der Waals surface area contributed by atoms with Crippen LogP contribution in [0, 0.1) is 48.0 Å². The van der Waals surface area contributed by atoms with Crippen molar-refractivity contribution in [2.75, 3.05) is 39.6 Å². The maximum atomic E-state index is 15.3. The molecule has 32 nitrogen and oxygen atoms in total. The maximum absolute atomic E-state index is 15.3. The van der Waals surface area contributed by atoms with Crippen molar-refractivity contribution in [1.82, 2.24) is 0 Å². The van der Waals surface area contributed by atoms with Crippen molar-refractivity contribution in [1.29, 1.82) is 0 Å². The monoisotopic (exact) mass is 1420 g/mol. The molecule has 6 saturated heterocycles. The molecule has 547 valence electrons. The third-order valence-electron chi connectivity index (χ3n) is 22.0. The van der Waals surface area contributed by atoms with Crippen molar-refractivity contribution in [2.24, 2.45) is 28.1 Å². The summed E-state index contributed by atoms with van der Waals surface area (Å²) in [5.41, 5.74) is -0.690. The van der Waals surface area contributed by atoms with Gasteiger partial charge in [-0.15, -0.1) is 0 Å². The van der Waals surface area contributed by atoms with Crippen LogP contribution in [0.25, 0.3) is 0 Å². The zero-order valence-corrected chi connectivity index (χ0v) is 55.1. The van der Waals surface area contributed by atoms with Crippen LogP contribution in [0.4, 0.5) is 0 Å². The fraction of sp³-hybridized carbons (Fsp3) is 0.857. The summed E-state index contributed by atoms with van der Waals surface area (Å²) in [4.78, 5) is 15.3. The van der Waals surface area contributed by atoms with E-state index in [0.29, 0.717) is 56.9 Å². The summed E-state index contributed by atoms with van der Waals surface area (Å²) < 4.78 is 72.7. The smallest absolute Gasteiger partial charge is 0.314 e. The molecule has 10 aliphatic rings. The molecular weight excluding hydrogens is 1320 g/mol. The van der Waals surface area contributed by atoms with Crippen LogP contribution >= 0.6 is 0 Å². The van der Waals surface area contributed by atoms with Crippen LogP contribution in [0.2, 0.25) is 0 Å². The molecule has 35 atom stereocenters. The summed E-state index contributed by atoms with van der Waals surface area (Å²) in [7, 11) is 0. The fourth-order valence-electron chi connectivity index (χ4n) is 16.9. The first kappa shape index (κ1) is 78.0. The van der Waals surface area contributed by atoms with Crippen LogP contribution in [-0.4, -0.2) is 326 Å². The summed E-state index contributed by atoms with van der Waals surface area (Å²) in [6, 6.07) is 9.31. The predicted molar refractivity (Wildman–Crippen MR) is 313 cm³/mol. The van der Waals surface area contributed by atoms with Crippen LogP contribution in [0.1, 0.15) is 82.8 Å². The molecule has 1 spiro atoms. The zero-order chi connectivity index (χ0) is 69.1. The SMILES string of the molecule is C=C1C[C@@]23CCC4[C@](C)(C(=O)OC5OC(CO)C(O)C(OC6OC(CO)C(O)C(O)C6O)C5OC5OCC(O)C(O)C5O)CCC[C@@]4(C)[C@@H]2CC[C@]1(OC1OC(CO)C(O)C(OC2OC(CO)C(O)C(O)C2O)C1OC1OC(CO)C(O)C(O)C1O)C3.Cc1[c-]c(C)ccc1.[V]. The molecule has 10 fully saturated rings. The second-order valence-electron chi connectivity index (χ2n) is 28.0. The largest absolute Gasteiger partial charge is 0.432 e. The Balaban J connectivity index is 0.00000112. The van der Waals surface area contributed by atoms with Crippen LogP contribution in [-0.2, 0) is 80.2 Å². The quantitative estimate of drug-likeness (QED) is 0.0298. The van der Waals surface area contributed by atoms with E-state index in [4.69, 9.17) is 56.8 Å². The van der Waals surface area contributed by atoms with Crippen molar-refractivity contribution in [3.63, 3.8) is 0 Å². The number of carbonyl (C=O) groups is 1. The molecule has 1 aromatic carbocycles. The van der Waals surface area contributed by atoms with E-state index in [9.17, 15) is 97.0 Å². The topological polar surface area (TPSA) is 512 Å². The minimum absolute atomic E-state index is 0. The number of hydrogen-bond donors (Lipinski definition) is 19. The van der Waals surface area contributed by atoms with Crippen LogP contribution in [0.3, 0.4) is 0 Å². The molecule has 0 aromatic heterocycles. The summed E-state index contributed by atoms with van der Waals surface area (Å²) in [6.45, 7) is 7.59. The van der Waals surface area contributed by atoms with Gasteiger partial charge in [-0.25, -0.2) is 0 Å². The Labute approximate surface area is 565 Å². The average Bonchev–Trinajstić information content (AvgIpc) is 1.43. The van der Waals surface area contributed by atoms with E-state index in [1.807, 2.05) is 32.0 Å². The number of fused-ring (bicyclic) bond motifs is 3. The Morgan fingerprint density at radius 3 is 1.40 bits per heavy atom. The minimum atomic E-state index is -2.02. The van der Waals surface area contributed by atoms with Crippen molar-refractivity contribution in [3.05, 3.63) is 47.5 Å². The van der Waals surface area contributed by atoms with E-state index in [0.717, 1.165) is 0 Å². The summed E-state index contributed by atoms with van der Waals surface area (Å²) in [6.07, 6.45) is -48.7. The first-order chi connectivity index (χ1) is 44.9. The molecule has 33 heteroatoms. The first-order valence-electron chi connectivity index (χ1n) is 32.6. The van der Waals surface area contributed by atoms with Crippen molar-refractivity contribution >= 4 is 5.97 Å². The van der Waals surface area contributed by atoms with Gasteiger partial charge < -0.3 is 154 Å². The molecule has 4 saturated carbocycles. The predicted octanol–water partition coefficient (Wildman–Crippen LogP) is -6.73. The van der Waals surface area contributed by atoms with Gasteiger partial charge in [0.1, 0.15) is 134 Å². The van der Waals surface area contributed by atoms with E-state index in [2.05, 4.69) is 19.6 Å². The fourth-order valence-corrected chi connectivity index (χ4v) is 16.9. The number of rotatable bonds is 17. The Morgan fingerprint density at radius 1 is 0.510 bits per heavy atom. The van der Waals surface area contributed by atoms with E-state index >= 15 is 4.79 Å². The van der Waals surface area contributed by atoms with Gasteiger partial charge in [-0.05, 0) is 86.5 Å².